The quantitative estimate of drug-likeness (QED) is 0.600. The van der Waals surface area contributed by atoms with Crippen LogP contribution in [0.1, 0.15) is 18.4 Å². The Balaban J connectivity index is 2.04. The van der Waals surface area contributed by atoms with Crippen LogP contribution in [0.3, 0.4) is 0 Å². The van der Waals surface area contributed by atoms with E-state index in [2.05, 4.69) is 4.99 Å². The van der Waals surface area contributed by atoms with Gasteiger partial charge in [0.1, 0.15) is 0 Å². The van der Waals surface area contributed by atoms with Crippen LogP contribution in [0.4, 0.5) is 14.5 Å². The SMILES string of the molecule is FC1(F)CC2(C=Nc3ccccc32)C1. The highest BCUT2D eigenvalue weighted by Crippen LogP contribution is 2.56. The molecule has 1 nitrogen and oxygen atoms in total. The molecule has 1 fully saturated rings. The van der Waals surface area contributed by atoms with Crippen LogP contribution in [0.15, 0.2) is 29.3 Å². The van der Waals surface area contributed by atoms with Crippen molar-refractivity contribution in [3.63, 3.8) is 0 Å². The van der Waals surface area contributed by atoms with Crippen LogP contribution in [0, 0.1) is 0 Å². The van der Waals surface area contributed by atoms with E-state index < -0.39 is 11.3 Å². The maximum Gasteiger partial charge on any atom is 0.250 e. The van der Waals surface area contributed by atoms with Crippen molar-refractivity contribution in [3.05, 3.63) is 29.8 Å². The van der Waals surface area contributed by atoms with Crippen molar-refractivity contribution in [1.29, 1.82) is 0 Å². The van der Waals surface area contributed by atoms with Gasteiger partial charge in [0.25, 0.3) is 5.92 Å². The largest absolute Gasteiger partial charge is 0.260 e. The van der Waals surface area contributed by atoms with Crippen LogP contribution >= 0.6 is 0 Å². The Hall–Kier alpha value is -1.25. The summed E-state index contributed by atoms with van der Waals surface area (Å²) in [6.07, 6.45) is 1.52. The van der Waals surface area contributed by atoms with Gasteiger partial charge in [0.15, 0.2) is 0 Å². The van der Waals surface area contributed by atoms with E-state index in [1.54, 1.807) is 6.21 Å². The lowest BCUT2D eigenvalue weighted by atomic mass is 9.63. The third-order valence-corrected chi connectivity index (χ3v) is 3.04. The molecule has 1 aromatic rings. The fraction of sp³-hybridized carbons (Fsp3) is 0.364. The van der Waals surface area contributed by atoms with Gasteiger partial charge in [0.2, 0.25) is 0 Å². The van der Waals surface area contributed by atoms with Crippen LogP contribution < -0.4 is 0 Å². The van der Waals surface area contributed by atoms with Crippen LogP contribution in [-0.4, -0.2) is 12.1 Å². The van der Waals surface area contributed by atoms with Crippen molar-refractivity contribution in [2.75, 3.05) is 0 Å². The Morgan fingerprint density at radius 2 is 1.86 bits per heavy atom. The topological polar surface area (TPSA) is 12.4 Å². The van der Waals surface area contributed by atoms with E-state index in [0.717, 1.165) is 11.3 Å². The summed E-state index contributed by atoms with van der Waals surface area (Å²) >= 11 is 0. The molecule has 0 bridgehead atoms. The van der Waals surface area contributed by atoms with E-state index in [4.69, 9.17) is 0 Å². The van der Waals surface area contributed by atoms with Crippen molar-refractivity contribution >= 4 is 11.9 Å². The van der Waals surface area contributed by atoms with Crippen molar-refractivity contribution in [2.45, 2.75) is 24.2 Å². The number of hydrogen-bond acceptors (Lipinski definition) is 1. The molecule has 72 valence electrons. The molecule has 0 aromatic heterocycles. The number of fused-ring (bicyclic) bond motifs is 2. The minimum absolute atomic E-state index is 0.0828. The zero-order valence-electron chi connectivity index (χ0n) is 7.50. The normalized spacial score (nSPS) is 24.7. The maximum absolute atomic E-state index is 12.9. The summed E-state index contributed by atoms with van der Waals surface area (Å²) in [5.74, 6) is -2.50. The molecule has 0 amide bonds. The first-order chi connectivity index (χ1) is 6.61. The summed E-state index contributed by atoms with van der Waals surface area (Å²) in [4.78, 5) is 4.18. The van der Waals surface area contributed by atoms with E-state index in [1.807, 2.05) is 24.3 Å². The molecule has 3 heteroatoms. The molecule has 2 aliphatic rings. The summed E-state index contributed by atoms with van der Waals surface area (Å²) in [5.41, 5.74) is 1.36. The second-order valence-corrected chi connectivity index (χ2v) is 4.14. The molecule has 0 saturated heterocycles. The fourth-order valence-electron chi connectivity index (χ4n) is 2.42. The molecule has 1 aliphatic carbocycles. The Morgan fingerprint density at radius 1 is 1.14 bits per heavy atom. The van der Waals surface area contributed by atoms with Gasteiger partial charge in [-0.3, -0.25) is 4.99 Å². The second kappa shape index (κ2) is 2.22. The zero-order chi connectivity index (χ0) is 9.81. The maximum atomic E-state index is 12.9. The van der Waals surface area contributed by atoms with Crippen molar-refractivity contribution in [1.82, 2.24) is 0 Å². The first-order valence-electron chi connectivity index (χ1n) is 4.64. The second-order valence-electron chi connectivity index (χ2n) is 4.14. The van der Waals surface area contributed by atoms with Gasteiger partial charge < -0.3 is 0 Å². The number of hydrogen-bond donors (Lipinski definition) is 0. The van der Waals surface area contributed by atoms with Gasteiger partial charge in [-0.1, -0.05) is 18.2 Å². The third kappa shape index (κ3) is 0.897. The number of alkyl halides is 2. The van der Waals surface area contributed by atoms with Crippen molar-refractivity contribution in [2.24, 2.45) is 4.99 Å². The summed E-state index contributed by atoms with van der Waals surface area (Å²) < 4.78 is 25.7. The highest BCUT2D eigenvalue weighted by molar-refractivity contribution is 5.86. The van der Waals surface area contributed by atoms with Gasteiger partial charge in [0.05, 0.1) is 5.69 Å². The molecular formula is C11H9F2N. The predicted molar refractivity (Wildman–Crippen MR) is 50.5 cm³/mol. The zero-order valence-corrected chi connectivity index (χ0v) is 7.50. The highest BCUT2D eigenvalue weighted by Gasteiger charge is 2.58. The van der Waals surface area contributed by atoms with Crippen LogP contribution in [-0.2, 0) is 5.41 Å². The number of benzene rings is 1. The standard InChI is InChI=1S/C11H9F2N/c12-11(13)5-10(6-11)7-14-9-4-2-1-3-8(9)10/h1-4,7H,5-6H2. The molecule has 14 heavy (non-hydrogen) atoms. The molecular weight excluding hydrogens is 184 g/mol. The average Bonchev–Trinajstić information content (AvgIpc) is 2.44. The number of halogens is 2. The highest BCUT2D eigenvalue weighted by atomic mass is 19.3. The molecule has 0 atom stereocenters. The molecule has 1 aromatic carbocycles. The minimum Gasteiger partial charge on any atom is -0.260 e. The number of rotatable bonds is 0. The predicted octanol–water partition coefficient (Wildman–Crippen LogP) is 3.07. The molecule has 1 spiro atoms. The van der Waals surface area contributed by atoms with E-state index in [0.29, 0.717) is 0 Å². The third-order valence-electron chi connectivity index (χ3n) is 3.04. The van der Waals surface area contributed by atoms with E-state index in [-0.39, 0.29) is 12.8 Å². The fourth-order valence-corrected chi connectivity index (χ4v) is 2.42. The summed E-state index contributed by atoms with van der Waals surface area (Å²) in [6.45, 7) is 0. The minimum atomic E-state index is -2.50. The van der Waals surface area contributed by atoms with Gasteiger partial charge >= 0.3 is 0 Å². The smallest absolute Gasteiger partial charge is 0.250 e. The van der Waals surface area contributed by atoms with Gasteiger partial charge in [-0.25, -0.2) is 8.78 Å². The van der Waals surface area contributed by atoms with Gasteiger partial charge in [-0.05, 0) is 11.6 Å². The first kappa shape index (κ1) is 8.09. The Bertz CT molecular complexity index is 415. The van der Waals surface area contributed by atoms with E-state index >= 15 is 0 Å². The summed E-state index contributed by atoms with van der Waals surface area (Å²) in [6, 6.07) is 7.53. The Morgan fingerprint density at radius 3 is 2.57 bits per heavy atom. The lowest BCUT2D eigenvalue weighted by molar-refractivity contribution is -0.102. The van der Waals surface area contributed by atoms with Gasteiger partial charge in [0, 0.05) is 24.5 Å². The molecule has 0 unspecified atom stereocenters. The Labute approximate surface area is 80.5 Å². The van der Waals surface area contributed by atoms with Gasteiger partial charge in [-0.2, -0.15) is 0 Å². The number of nitrogens with zero attached hydrogens (tertiary/aromatic N) is 1. The summed E-state index contributed by atoms with van der Waals surface area (Å²) in [5, 5.41) is 0. The Kier molecular flexibility index (Phi) is 1.28. The number of aliphatic imine (C=N–C) groups is 1. The lowest BCUT2D eigenvalue weighted by Crippen LogP contribution is -2.49. The number of para-hydroxylation sites is 1. The lowest BCUT2D eigenvalue weighted by Gasteiger charge is -2.43. The van der Waals surface area contributed by atoms with Crippen molar-refractivity contribution in [3.8, 4) is 0 Å². The van der Waals surface area contributed by atoms with E-state index in [9.17, 15) is 8.78 Å². The molecule has 0 N–H and O–H groups in total. The van der Waals surface area contributed by atoms with E-state index in [1.165, 1.54) is 0 Å². The molecule has 1 saturated carbocycles. The average molecular weight is 193 g/mol. The van der Waals surface area contributed by atoms with Crippen LogP contribution in [0.2, 0.25) is 0 Å². The first-order valence-corrected chi connectivity index (χ1v) is 4.64. The van der Waals surface area contributed by atoms with Crippen LogP contribution in [0.5, 0.6) is 0 Å². The molecule has 3 rings (SSSR count). The van der Waals surface area contributed by atoms with Crippen LogP contribution in [0.25, 0.3) is 0 Å². The monoisotopic (exact) mass is 193 g/mol. The molecule has 1 heterocycles. The molecule has 1 aliphatic heterocycles. The summed E-state index contributed by atoms with van der Waals surface area (Å²) in [7, 11) is 0. The van der Waals surface area contributed by atoms with Crippen molar-refractivity contribution < 1.29 is 8.78 Å². The molecule has 0 radical (unpaired) electrons. The van der Waals surface area contributed by atoms with Gasteiger partial charge in [-0.15, -0.1) is 0 Å².